The highest BCUT2D eigenvalue weighted by Crippen LogP contribution is 2.18. The minimum absolute atomic E-state index is 0.0611. The van der Waals surface area contributed by atoms with Gasteiger partial charge in [0.15, 0.2) is 0 Å². The van der Waals surface area contributed by atoms with E-state index < -0.39 is 5.97 Å². The summed E-state index contributed by atoms with van der Waals surface area (Å²) < 4.78 is 0. The molecule has 0 saturated heterocycles. The molecule has 0 spiro atoms. The van der Waals surface area contributed by atoms with Crippen LogP contribution in [0.5, 0.6) is 0 Å². The fourth-order valence-corrected chi connectivity index (χ4v) is 2.23. The molecule has 2 amide bonds. The molecule has 3 N–H and O–H groups in total. The minimum Gasteiger partial charge on any atom is -0.477 e. The molecule has 6 nitrogen and oxygen atoms in total. The summed E-state index contributed by atoms with van der Waals surface area (Å²) in [5.41, 5.74) is 0.540. The molecule has 0 aliphatic carbocycles. The van der Waals surface area contributed by atoms with Crippen molar-refractivity contribution in [3.8, 4) is 0 Å². The molecule has 1 heterocycles. The molecule has 1 rings (SSSR count). The van der Waals surface area contributed by atoms with Crippen LogP contribution in [0.2, 0.25) is 0 Å². The van der Waals surface area contributed by atoms with Crippen molar-refractivity contribution in [1.82, 2.24) is 15.6 Å². The Hall–Kier alpha value is -1.63. The van der Waals surface area contributed by atoms with E-state index in [0.29, 0.717) is 17.2 Å². The van der Waals surface area contributed by atoms with Gasteiger partial charge in [-0.3, -0.25) is 0 Å². The number of thiazole rings is 1. The van der Waals surface area contributed by atoms with E-state index in [0.717, 1.165) is 17.8 Å². The number of hydrogen-bond donors (Lipinski definition) is 3. The van der Waals surface area contributed by atoms with Crippen LogP contribution >= 0.6 is 11.3 Å². The lowest BCUT2D eigenvalue weighted by Gasteiger charge is -2.22. The number of carboxylic acid groups (broad SMARTS) is 1. The highest BCUT2D eigenvalue weighted by molar-refractivity contribution is 7.13. The average Bonchev–Trinajstić information content (AvgIpc) is 2.75. The number of urea groups is 1. The van der Waals surface area contributed by atoms with Gasteiger partial charge in [-0.1, -0.05) is 20.8 Å². The van der Waals surface area contributed by atoms with E-state index in [1.807, 2.05) is 0 Å². The topological polar surface area (TPSA) is 91.3 Å². The normalized spacial score (nSPS) is 11.2. The van der Waals surface area contributed by atoms with E-state index in [1.54, 1.807) is 6.92 Å². The van der Waals surface area contributed by atoms with Crippen molar-refractivity contribution in [1.29, 1.82) is 0 Å². The van der Waals surface area contributed by atoms with Crippen LogP contribution < -0.4 is 10.6 Å². The van der Waals surface area contributed by atoms with Gasteiger partial charge in [-0.2, -0.15) is 0 Å². The molecule has 1 aromatic heterocycles. The molecule has 0 radical (unpaired) electrons. The Morgan fingerprint density at radius 3 is 2.50 bits per heavy atom. The SMILES string of the molecule is CCC(C)(C)CNC(=O)NCc1nc(C)c(C(=O)O)s1. The first-order valence-electron chi connectivity index (χ1n) is 6.46. The molecule has 7 heteroatoms. The first-order valence-corrected chi connectivity index (χ1v) is 7.28. The van der Waals surface area contributed by atoms with Gasteiger partial charge < -0.3 is 15.7 Å². The summed E-state index contributed by atoms with van der Waals surface area (Å²) in [7, 11) is 0. The van der Waals surface area contributed by atoms with Crippen LogP contribution in [0.25, 0.3) is 0 Å². The molecule has 0 aliphatic rings. The van der Waals surface area contributed by atoms with Crippen molar-refractivity contribution in [2.24, 2.45) is 5.41 Å². The number of carbonyl (C=O) groups excluding carboxylic acids is 1. The third-order valence-corrected chi connectivity index (χ3v) is 4.27. The quantitative estimate of drug-likeness (QED) is 0.752. The smallest absolute Gasteiger partial charge is 0.347 e. The van der Waals surface area contributed by atoms with Crippen LogP contribution in [0.15, 0.2) is 0 Å². The highest BCUT2D eigenvalue weighted by Gasteiger charge is 2.17. The number of amides is 2. The molecule has 20 heavy (non-hydrogen) atoms. The van der Waals surface area contributed by atoms with Crippen molar-refractivity contribution < 1.29 is 14.7 Å². The van der Waals surface area contributed by atoms with Crippen LogP contribution in [0.1, 0.15) is 47.6 Å². The second-order valence-electron chi connectivity index (χ2n) is 5.38. The van der Waals surface area contributed by atoms with Gasteiger partial charge in [0.25, 0.3) is 0 Å². The maximum atomic E-state index is 11.6. The molecule has 0 aromatic carbocycles. The van der Waals surface area contributed by atoms with Gasteiger partial charge in [-0.05, 0) is 18.8 Å². The Morgan fingerprint density at radius 1 is 1.35 bits per heavy atom. The molecule has 0 atom stereocenters. The predicted octanol–water partition coefficient (Wildman–Crippen LogP) is 2.39. The minimum atomic E-state index is -0.986. The van der Waals surface area contributed by atoms with Gasteiger partial charge in [-0.15, -0.1) is 11.3 Å². The van der Waals surface area contributed by atoms with Crippen LogP contribution in [-0.4, -0.2) is 28.6 Å². The van der Waals surface area contributed by atoms with Crippen molar-refractivity contribution in [3.05, 3.63) is 15.6 Å². The number of rotatable bonds is 6. The number of hydrogen-bond acceptors (Lipinski definition) is 4. The third-order valence-electron chi connectivity index (χ3n) is 3.12. The molecule has 0 fully saturated rings. The number of carboxylic acids is 1. The van der Waals surface area contributed by atoms with Gasteiger partial charge in [0.1, 0.15) is 9.88 Å². The first kappa shape index (κ1) is 16.4. The van der Waals surface area contributed by atoms with Crippen molar-refractivity contribution in [2.45, 2.75) is 40.7 Å². The molecule has 1 aromatic rings. The largest absolute Gasteiger partial charge is 0.477 e. The molecular weight excluding hydrogens is 278 g/mol. The van der Waals surface area contributed by atoms with E-state index >= 15 is 0 Å². The summed E-state index contributed by atoms with van der Waals surface area (Å²) in [5, 5.41) is 15.0. The fraction of sp³-hybridized carbons (Fsp3) is 0.615. The Morgan fingerprint density at radius 2 is 2.00 bits per heavy atom. The Labute approximate surface area is 122 Å². The standard InChI is InChI=1S/C13H21N3O3S/c1-5-13(3,4)7-15-12(19)14-6-9-16-8(2)10(20-9)11(17)18/h5-7H2,1-4H3,(H,17,18)(H2,14,15,19). The number of carbonyl (C=O) groups is 2. The summed E-state index contributed by atoms with van der Waals surface area (Å²) in [6.07, 6.45) is 0.973. The molecular formula is C13H21N3O3S. The van der Waals surface area contributed by atoms with Gasteiger partial charge in [0, 0.05) is 6.54 Å². The van der Waals surface area contributed by atoms with Gasteiger partial charge in [0.2, 0.25) is 0 Å². The van der Waals surface area contributed by atoms with Crippen LogP contribution in [-0.2, 0) is 6.54 Å². The Bertz CT molecular complexity index is 497. The number of nitrogens with zero attached hydrogens (tertiary/aromatic N) is 1. The monoisotopic (exact) mass is 299 g/mol. The van der Waals surface area contributed by atoms with E-state index in [9.17, 15) is 9.59 Å². The van der Waals surface area contributed by atoms with Gasteiger partial charge >= 0.3 is 12.0 Å². The zero-order valence-corrected chi connectivity index (χ0v) is 13.1. The maximum absolute atomic E-state index is 11.6. The van der Waals surface area contributed by atoms with Crippen LogP contribution in [0.4, 0.5) is 4.79 Å². The summed E-state index contributed by atoms with van der Waals surface area (Å²) in [6.45, 7) is 8.70. The lowest BCUT2D eigenvalue weighted by Crippen LogP contribution is -2.40. The third kappa shape index (κ3) is 4.80. The van der Waals surface area contributed by atoms with Gasteiger partial charge in [-0.25, -0.2) is 14.6 Å². The fourth-order valence-electron chi connectivity index (χ4n) is 1.39. The number of aromatic nitrogens is 1. The molecule has 0 aliphatic heterocycles. The van der Waals surface area contributed by atoms with E-state index in [4.69, 9.17) is 5.11 Å². The first-order chi connectivity index (χ1) is 9.25. The van der Waals surface area contributed by atoms with Crippen LogP contribution in [0.3, 0.4) is 0 Å². The van der Waals surface area contributed by atoms with E-state index in [-0.39, 0.29) is 22.9 Å². The maximum Gasteiger partial charge on any atom is 0.347 e. The second kappa shape index (κ2) is 6.69. The van der Waals surface area contributed by atoms with Crippen molar-refractivity contribution in [2.75, 3.05) is 6.54 Å². The van der Waals surface area contributed by atoms with E-state index in [2.05, 4.69) is 36.4 Å². The summed E-state index contributed by atoms with van der Waals surface area (Å²) in [6, 6.07) is -0.267. The zero-order valence-electron chi connectivity index (χ0n) is 12.2. The molecule has 112 valence electrons. The number of aromatic carboxylic acids is 1. The summed E-state index contributed by atoms with van der Waals surface area (Å²) in [5.74, 6) is -0.986. The van der Waals surface area contributed by atoms with Crippen LogP contribution in [0, 0.1) is 12.3 Å². The lowest BCUT2D eigenvalue weighted by molar-refractivity contribution is 0.0701. The predicted molar refractivity (Wildman–Crippen MR) is 78.1 cm³/mol. The molecule has 0 bridgehead atoms. The summed E-state index contributed by atoms with van der Waals surface area (Å²) in [4.78, 5) is 26.9. The Balaban J connectivity index is 2.45. The zero-order chi connectivity index (χ0) is 15.3. The van der Waals surface area contributed by atoms with Crippen molar-refractivity contribution in [3.63, 3.8) is 0 Å². The van der Waals surface area contributed by atoms with Gasteiger partial charge in [0.05, 0.1) is 12.2 Å². The lowest BCUT2D eigenvalue weighted by atomic mass is 9.90. The highest BCUT2D eigenvalue weighted by atomic mass is 32.1. The summed E-state index contributed by atoms with van der Waals surface area (Å²) >= 11 is 1.08. The second-order valence-corrected chi connectivity index (χ2v) is 6.46. The van der Waals surface area contributed by atoms with Crippen molar-refractivity contribution >= 4 is 23.3 Å². The average molecular weight is 299 g/mol. The Kier molecular flexibility index (Phi) is 5.50. The molecule has 0 saturated carbocycles. The van der Waals surface area contributed by atoms with E-state index in [1.165, 1.54) is 0 Å². The number of nitrogens with one attached hydrogen (secondary N) is 2. The number of aryl methyl sites for hydroxylation is 1. The molecule has 0 unspecified atom stereocenters.